The summed E-state index contributed by atoms with van der Waals surface area (Å²) in [5.74, 6) is 0. The van der Waals surface area contributed by atoms with Crippen molar-refractivity contribution in [2.24, 2.45) is 0 Å². The maximum absolute atomic E-state index is 12.5. The van der Waals surface area contributed by atoms with Crippen LogP contribution in [-0.2, 0) is 23.2 Å². The molecule has 0 saturated heterocycles. The maximum Gasteiger partial charge on any atom is 0.282 e. The second-order valence-corrected chi connectivity index (χ2v) is 6.76. The van der Waals surface area contributed by atoms with Gasteiger partial charge in [-0.25, -0.2) is 8.78 Å². The number of rotatable bonds is 6. The van der Waals surface area contributed by atoms with Crippen molar-refractivity contribution in [2.45, 2.75) is 19.4 Å². The fourth-order valence-corrected chi connectivity index (χ4v) is 3.96. The first kappa shape index (κ1) is 16.3. The van der Waals surface area contributed by atoms with E-state index in [9.17, 15) is 17.2 Å². The summed E-state index contributed by atoms with van der Waals surface area (Å²) in [5, 5.41) is 8.90. The van der Waals surface area contributed by atoms with Crippen LogP contribution in [0.15, 0.2) is 24.3 Å². The number of hydrogen-bond donors (Lipinski definition) is 1. The molecule has 1 aliphatic heterocycles. The van der Waals surface area contributed by atoms with Crippen molar-refractivity contribution in [3.05, 3.63) is 35.4 Å². The van der Waals surface area contributed by atoms with E-state index in [4.69, 9.17) is 5.11 Å². The highest BCUT2D eigenvalue weighted by Crippen LogP contribution is 2.22. The molecule has 1 N–H and O–H groups in total. The Balaban J connectivity index is 2.19. The summed E-state index contributed by atoms with van der Waals surface area (Å²) in [6.45, 7) is -1.30. The van der Waals surface area contributed by atoms with E-state index in [0.717, 1.165) is 11.1 Å². The molecule has 0 unspecified atom stereocenters. The van der Waals surface area contributed by atoms with E-state index >= 15 is 0 Å². The van der Waals surface area contributed by atoms with Gasteiger partial charge in [-0.15, -0.1) is 0 Å². The monoisotopic (exact) mass is 320 g/mol. The summed E-state index contributed by atoms with van der Waals surface area (Å²) >= 11 is 0. The number of fused-ring (bicyclic) bond motifs is 1. The number of benzene rings is 1. The highest BCUT2D eigenvalue weighted by molar-refractivity contribution is 7.86. The third-order valence-electron chi connectivity index (χ3n) is 3.44. The van der Waals surface area contributed by atoms with Crippen molar-refractivity contribution in [1.82, 2.24) is 8.61 Å². The normalized spacial score (nSPS) is 16.4. The molecule has 21 heavy (non-hydrogen) atoms. The third-order valence-corrected chi connectivity index (χ3v) is 5.39. The quantitative estimate of drug-likeness (QED) is 0.845. The van der Waals surface area contributed by atoms with Crippen LogP contribution < -0.4 is 0 Å². The molecule has 5 nitrogen and oxygen atoms in total. The molecule has 1 aromatic rings. The van der Waals surface area contributed by atoms with Crippen LogP contribution in [0.2, 0.25) is 0 Å². The first-order valence-electron chi connectivity index (χ1n) is 6.66. The lowest BCUT2D eigenvalue weighted by Crippen LogP contribution is -2.48. The van der Waals surface area contributed by atoms with Crippen LogP contribution in [0.3, 0.4) is 0 Å². The molecular weight excluding hydrogens is 302 g/mol. The van der Waals surface area contributed by atoms with Gasteiger partial charge in [0, 0.05) is 19.6 Å². The summed E-state index contributed by atoms with van der Waals surface area (Å²) in [5.41, 5.74) is 1.96. The van der Waals surface area contributed by atoms with Crippen LogP contribution in [0.25, 0.3) is 0 Å². The Morgan fingerprint density at radius 2 is 1.95 bits per heavy atom. The van der Waals surface area contributed by atoms with Crippen molar-refractivity contribution < 1.29 is 22.3 Å². The molecule has 2 rings (SSSR count). The highest BCUT2D eigenvalue weighted by atomic mass is 32.2. The van der Waals surface area contributed by atoms with E-state index in [2.05, 4.69) is 0 Å². The fraction of sp³-hybridized carbons (Fsp3) is 0.538. The Kier molecular flexibility index (Phi) is 5.26. The van der Waals surface area contributed by atoms with Crippen LogP contribution in [0.5, 0.6) is 0 Å². The first-order chi connectivity index (χ1) is 9.95. The number of halogens is 2. The Hall–Kier alpha value is -1.09. The number of nitrogens with zero attached hydrogens (tertiary/aromatic N) is 2. The molecule has 0 atom stereocenters. The smallest absolute Gasteiger partial charge is 0.282 e. The van der Waals surface area contributed by atoms with E-state index in [-0.39, 0.29) is 19.6 Å². The number of hydrogen-bond acceptors (Lipinski definition) is 3. The van der Waals surface area contributed by atoms with Gasteiger partial charge in [0.05, 0.1) is 13.2 Å². The minimum atomic E-state index is -4.00. The predicted molar refractivity (Wildman–Crippen MR) is 74.1 cm³/mol. The van der Waals surface area contributed by atoms with Gasteiger partial charge in [-0.05, 0) is 17.5 Å². The molecule has 0 saturated carbocycles. The molecule has 0 bridgehead atoms. The largest absolute Gasteiger partial charge is 0.395 e. The highest BCUT2D eigenvalue weighted by Gasteiger charge is 2.33. The second kappa shape index (κ2) is 6.78. The zero-order valence-electron chi connectivity index (χ0n) is 11.5. The zero-order valence-corrected chi connectivity index (χ0v) is 12.3. The van der Waals surface area contributed by atoms with E-state index in [1.54, 1.807) is 0 Å². The molecule has 0 aromatic heterocycles. The number of aliphatic hydroxyl groups excluding tert-OH is 1. The lowest BCUT2D eigenvalue weighted by Gasteiger charge is -2.32. The molecule has 0 amide bonds. The zero-order chi connectivity index (χ0) is 15.5. The molecule has 0 aliphatic carbocycles. The Bertz CT molecular complexity index is 581. The number of alkyl halides is 2. The van der Waals surface area contributed by atoms with Gasteiger partial charge in [-0.1, -0.05) is 24.3 Å². The van der Waals surface area contributed by atoms with Crippen molar-refractivity contribution in [3.63, 3.8) is 0 Å². The Morgan fingerprint density at radius 1 is 1.29 bits per heavy atom. The summed E-state index contributed by atoms with van der Waals surface area (Å²) in [6, 6.07) is 7.47. The van der Waals surface area contributed by atoms with Crippen LogP contribution in [0, 0.1) is 0 Å². The van der Waals surface area contributed by atoms with Gasteiger partial charge in [0.1, 0.15) is 0 Å². The third kappa shape index (κ3) is 3.76. The van der Waals surface area contributed by atoms with Crippen LogP contribution in [-0.4, -0.2) is 54.8 Å². The van der Waals surface area contributed by atoms with Gasteiger partial charge in [-0.2, -0.15) is 17.0 Å². The van der Waals surface area contributed by atoms with Crippen molar-refractivity contribution >= 4 is 10.2 Å². The molecule has 0 radical (unpaired) electrons. The van der Waals surface area contributed by atoms with Gasteiger partial charge >= 0.3 is 0 Å². The fourth-order valence-electron chi connectivity index (χ4n) is 2.40. The molecule has 1 aliphatic rings. The first-order valence-corrected chi connectivity index (χ1v) is 8.06. The Morgan fingerprint density at radius 3 is 2.57 bits per heavy atom. The maximum atomic E-state index is 12.5. The van der Waals surface area contributed by atoms with Gasteiger partial charge in [-0.3, -0.25) is 0 Å². The average Bonchev–Trinajstić information content (AvgIpc) is 2.46. The second-order valence-electron chi connectivity index (χ2n) is 4.83. The van der Waals surface area contributed by atoms with Gasteiger partial charge in [0.25, 0.3) is 16.6 Å². The summed E-state index contributed by atoms with van der Waals surface area (Å²) in [7, 11) is -4.00. The van der Waals surface area contributed by atoms with E-state index in [1.165, 1.54) is 4.31 Å². The van der Waals surface area contributed by atoms with Crippen molar-refractivity contribution in [2.75, 3.05) is 26.2 Å². The molecule has 0 spiro atoms. The minimum Gasteiger partial charge on any atom is -0.395 e. The van der Waals surface area contributed by atoms with Gasteiger partial charge < -0.3 is 5.11 Å². The van der Waals surface area contributed by atoms with Gasteiger partial charge in [0.15, 0.2) is 0 Å². The Labute approximate surface area is 123 Å². The molecule has 1 heterocycles. The SMILES string of the molecule is O=S(=O)(N1CCc2ccccc2C1)N(CCO)CC(F)F. The standard InChI is InChI=1S/C13H18F2N2O3S/c14-13(15)10-17(7-8-18)21(19,20)16-6-5-11-3-1-2-4-12(11)9-16/h1-4,13,18H,5-10H2. The van der Waals surface area contributed by atoms with Crippen molar-refractivity contribution in [3.8, 4) is 0 Å². The molecule has 8 heteroatoms. The van der Waals surface area contributed by atoms with Crippen LogP contribution in [0.4, 0.5) is 8.78 Å². The van der Waals surface area contributed by atoms with E-state index < -0.39 is 29.8 Å². The lowest BCUT2D eigenvalue weighted by atomic mass is 10.0. The molecule has 0 fully saturated rings. The summed E-state index contributed by atoms with van der Waals surface area (Å²) in [6.07, 6.45) is -2.22. The van der Waals surface area contributed by atoms with E-state index in [0.29, 0.717) is 10.7 Å². The van der Waals surface area contributed by atoms with Crippen LogP contribution >= 0.6 is 0 Å². The molecule has 118 valence electrons. The molecule has 1 aromatic carbocycles. The number of aliphatic hydroxyl groups is 1. The lowest BCUT2D eigenvalue weighted by molar-refractivity contribution is 0.109. The predicted octanol–water partition coefficient (Wildman–Crippen LogP) is 0.849. The van der Waals surface area contributed by atoms with Crippen LogP contribution in [0.1, 0.15) is 11.1 Å². The average molecular weight is 320 g/mol. The van der Waals surface area contributed by atoms with Crippen molar-refractivity contribution in [1.29, 1.82) is 0 Å². The summed E-state index contributed by atoms with van der Waals surface area (Å²) < 4.78 is 51.8. The molecular formula is C13H18F2N2O3S. The topological polar surface area (TPSA) is 60.9 Å². The minimum absolute atomic E-state index is 0.170. The van der Waals surface area contributed by atoms with Gasteiger partial charge in [0.2, 0.25) is 0 Å². The summed E-state index contributed by atoms with van der Waals surface area (Å²) in [4.78, 5) is 0. The van der Waals surface area contributed by atoms with E-state index in [1.807, 2.05) is 24.3 Å².